The minimum Gasteiger partial charge on any atom is -0.466 e. The number of hydrogen-bond acceptors (Lipinski definition) is 3. The zero-order valence-corrected chi connectivity index (χ0v) is 17.9. The Morgan fingerprint density at radius 3 is 2.70 bits per heavy atom. The molecule has 0 bridgehead atoms. The number of carbonyl (C=O) groups is 1. The van der Waals surface area contributed by atoms with Crippen molar-refractivity contribution in [3.8, 4) is 0 Å². The van der Waals surface area contributed by atoms with Gasteiger partial charge in [-0.1, -0.05) is 6.07 Å². The molecule has 0 radical (unpaired) electrons. The third kappa shape index (κ3) is 5.08. The molecule has 1 N–H and O–H groups in total. The molecule has 1 aliphatic carbocycles. The summed E-state index contributed by atoms with van der Waals surface area (Å²) in [5, 5.41) is 3.30. The van der Waals surface area contributed by atoms with Gasteiger partial charge in [-0.3, -0.25) is 9.79 Å². The van der Waals surface area contributed by atoms with E-state index in [-0.39, 0.29) is 53.4 Å². The monoisotopic (exact) mass is 493 g/mol. The minimum absolute atomic E-state index is 0. The Labute approximate surface area is 175 Å². The van der Waals surface area contributed by atoms with E-state index in [1.165, 1.54) is 18.2 Å². The second-order valence-electron chi connectivity index (χ2n) is 6.81. The van der Waals surface area contributed by atoms with Crippen LogP contribution >= 0.6 is 24.0 Å². The summed E-state index contributed by atoms with van der Waals surface area (Å²) in [6.07, 6.45) is 2.34. The fourth-order valence-electron chi connectivity index (χ4n) is 3.62. The van der Waals surface area contributed by atoms with Gasteiger partial charge in [0.1, 0.15) is 11.6 Å². The van der Waals surface area contributed by atoms with Crippen LogP contribution in [-0.2, 0) is 9.53 Å². The van der Waals surface area contributed by atoms with Gasteiger partial charge in [0, 0.05) is 37.7 Å². The van der Waals surface area contributed by atoms with Crippen LogP contribution in [0.1, 0.15) is 37.7 Å². The van der Waals surface area contributed by atoms with Gasteiger partial charge in [-0.15, -0.1) is 24.0 Å². The molecule has 1 aromatic carbocycles. The number of piperidine rings is 1. The van der Waals surface area contributed by atoms with Gasteiger partial charge in [-0.25, -0.2) is 8.78 Å². The Bertz CT molecular complexity index is 681. The van der Waals surface area contributed by atoms with Crippen LogP contribution in [0.15, 0.2) is 23.2 Å². The number of esters is 1. The molecule has 1 saturated heterocycles. The standard InChI is InChI=1S/C19H25F2N3O2.HI/c1-3-26-18(25)12-6-5-9-24(11-12)19(22-2)23-16-10-13(16)17-14(20)7-4-8-15(17)21;/h4,7-8,12-13,16H,3,5-6,9-11H2,1-2H3,(H,22,23);1H. The van der Waals surface area contributed by atoms with Crippen LogP contribution in [0.4, 0.5) is 8.78 Å². The van der Waals surface area contributed by atoms with Crippen LogP contribution in [0.2, 0.25) is 0 Å². The molecule has 27 heavy (non-hydrogen) atoms. The molecule has 0 amide bonds. The van der Waals surface area contributed by atoms with Gasteiger partial charge in [-0.05, 0) is 38.3 Å². The van der Waals surface area contributed by atoms with Crippen LogP contribution in [0, 0.1) is 17.6 Å². The number of nitrogens with zero attached hydrogens (tertiary/aromatic N) is 2. The average molecular weight is 493 g/mol. The number of nitrogens with one attached hydrogen (secondary N) is 1. The molecular formula is C19H26F2IN3O2. The van der Waals surface area contributed by atoms with Crippen LogP contribution in [0.25, 0.3) is 0 Å². The molecule has 1 aromatic rings. The van der Waals surface area contributed by atoms with Gasteiger partial charge in [0.2, 0.25) is 0 Å². The molecule has 3 rings (SSSR count). The highest BCUT2D eigenvalue weighted by Crippen LogP contribution is 2.43. The van der Waals surface area contributed by atoms with Gasteiger partial charge in [0.25, 0.3) is 0 Å². The van der Waals surface area contributed by atoms with E-state index in [2.05, 4.69) is 10.3 Å². The van der Waals surface area contributed by atoms with Gasteiger partial charge in [-0.2, -0.15) is 0 Å². The number of likely N-dealkylation sites (tertiary alicyclic amines) is 1. The number of rotatable bonds is 4. The van der Waals surface area contributed by atoms with Crippen LogP contribution in [-0.4, -0.2) is 49.6 Å². The molecule has 2 fully saturated rings. The Morgan fingerprint density at radius 1 is 1.37 bits per heavy atom. The van der Waals surface area contributed by atoms with Gasteiger partial charge < -0.3 is 15.0 Å². The highest BCUT2D eigenvalue weighted by molar-refractivity contribution is 14.0. The van der Waals surface area contributed by atoms with Crippen molar-refractivity contribution in [1.29, 1.82) is 0 Å². The number of benzene rings is 1. The van der Waals surface area contributed by atoms with Crippen molar-refractivity contribution in [3.63, 3.8) is 0 Å². The predicted octanol–water partition coefficient (Wildman–Crippen LogP) is 3.29. The third-order valence-electron chi connectivity index (χ3n) is 5.03. The van der Waals surface area contributed by atoms with Crippen molar-refractivity contribution in [3.05, 3.63) is 35.4 Å². The lowest BCUT2D eigenvalue weighted by Gasteiger charge is -2.34. The van der Waals surface area contributed by atoms with Gasteiger partial charge in [0.05, 0.1) is 12.5 Å². The third-order valence-corrected chi connectivity index (χ3v) is 5.03. The van der Waals surface area contributed by atoms with E-state index in [1.807, 2.05) is 4.90 Å². The van der Waals surface area contributed by atoms with Crippen LogP contribution in [0.3, 0.4) is 0 Å². The molecule has 2 aliphatic rings. The predicted molar refractivity (Wildman–Crippen MR) is 110 cm³/mol. The van der Waals surface area contributed by atoms with E-state index in [1.54, 1.807) is 14.0 Å². The largest absolute Gasteiger partial charge is 0.466 e. The lowest BCUT2D eigenvalue weighted by molar-refractivity contribution is -0.149. The van der Waals surface area contributed by atoms with Crippen LogP contribution in [0.5, 0.6) is 0 Å². The number of carbonyl (C=O) groups excluding carboxylic acids is 1. The van der Waals surface area contributed by atoms with E-state index in [9.17, 15) is 13.6 Å². The first kappa shape index (κ1) is 21.8. The molecule has 0 spiro atoms. The molecule has 3 unspecified atom stereocenters. The number of ether oxygens (including phenoxy) is 1. The molecule has 0 aromatic heterocycles. The Hall–Kier alpha value is -1.45. The summed E-state index contributed by atoms with van der Waals surface area (Å²) in [6.45, 7) is 3.51. The smallest absolute Gasteiger partial charge is 0.310 e. The Kier molecular flexibility index (Phi) is 7.81. The first-order chi connectivity index (χ1) is 12.5. The van der Waals surface area contributed by atoms with Crippen molar-refractivity contribution in [2.75, 3.05) is 26.7 Å². The van der Waals surface area contributed by atoms with E-state index in [0.29, 0.717) is 25.5 Å². The fraction of sp³-hybridized carbons (Fsp3) is 0.579. The number of hydrogen-bond donors (Lipinski definition) is 1. The molecule has 8 heteroatoms. The van der Waals surface area contributed by atoms with E-state index < -0.39 is 11.6 Å². The maximum Gasteiger partial charge on any atom is 0.310 e. The topological polar surface area (TPSA) is 53.9 Å². The van der Waals surface area contributed by atoms with Crippen LogP contribution < -0.4 is 5.32 Å². The summed E-state index contributed by atoms with van der Waals surface area (Å²) in [6, 6.07) is 3.90. The van der Waals surface area contributed by atoms with Gasteiger partial charge in [0.15, 0.2) is 5.96 Å². The number of halogens is 3. The van der Waals surface area contributed by atoms with E-state index >= 15 is 0 Å². The summed E-state index contributed by atoms with van der Waals surface area (Å²) in [4.78, 5) is 18.3. The maximum absolute atomic E-state index is 13.9. The highest BCUT2D eigenvalue weighted by atomic mass is 127. The average Bonchev–Trinajstić information content (AvgIpc) is 3.38. The zero-order valence-electron chi connectivity index (χ0n) is 15.6. The minimum atomic E-state index is -0.505. The normalized spacial score (nSPS) is 24.8. The summed E-state index contributed by atoms with van der Waals surface area (Å²) in [5.74, 6) is -0.877. The molecule has 1 saturated carbocycles. The second-order valence-corrected chi connectivity index (χ2v) is 6.81. The molecule has 150 valence electrons. The van der Waals surface area contributed by atoms with Crippen molar-refractivity contribution < 1.29 is 18.3 Å². The van der Waals surface area contributed by atoms with Crippen molar-refractivity contribution in [2.24, 2.45) is 10.9 Å². The summed E-state index contributed by atoms with van der Waals surface area (Å²) >= 11 is 0. The first-order valence-electron chi connectivity index (χ1n) is 9.14. The fourth-order valence-corrected chi connectivity index (χ4v) is 3.62. The highest BCUT2D eigenvalue weighted by Gasteiger charge is 2.43. The second kappa shape index (κ2) is 9.66. The zero-order chi connectivity index (χ0) is 18.7. The van der Waals surface area contributed by atoms with E-state index in [4.69, 9.17) is 4.74 Å². The quantitative estimate of drug-likeness (QED) is 0.303. The first-order valence-corrected chi connectivity index (χ1v) is 9.14. The van der Waals surface area contributed by atoms with Crippen molar-refractivity contribution >= 4 is 35.9 Å². The molecule has 3 atom stereocenters. The Balaban J connectivity index is 0.00000261. The van der Waals surface area contributed by atoms with Gasteiger partial charge >= 0.3 is 5.97 Å². The van der Waals surface area contributed by atoms with Crippen molar-refractivity contribution in [2.45, 2.75) is 38.1 Å². The SMILES string of the molecule is CCOC(=O)C1CCCN(C(=NC)NC2CC2c2c(F)cccc2F)C1.I. The maximum atomic E-state index is 13.9. The van der Waals surface area contributed by atoms with Crippen molar-refractivity contribution in [1.82, 2.24) is 10.2 Å². The van der Waals surface area contributed by atoms with E-state index in [0.717, 1.165) is 19.4 Å². The molecule has 1 heterocycles. The summed E-state index contributed by atoms with van der Waals surface area (Å²) in [5.41, 5.74) is 0.142. The Morgan fingerprint density at radius 2 is 2.07 bits per heavy atom. The molecule has 5 nitrogen and oxygen atoms in total. The summed E-state index contributed by atoms with van der Waals surface area (Å²) in [7, 11) is 1.68. The summed E-state index contributed by atoms with van der Waals surface area (Å²) < 4.78 is 33.0. The molecular weight excluding hydrogens is 467 g/mol. The number of aliphatic imine (C=N–C) groups is 1. The number of guanidine groups is 1. The molecule has 1 aliphatic heterocycles. The lowest BCUT2D eigenvalue weighted by atomic mass is 9.98. The lowest BCUT2D eigenvalue weighted by Crippen LogP contribution is -2.49.